The largest absolute Gasteiger partial charge is 0.383 e. The van der Waals surface area contributed by atoms with Gasteiger partial charge in [-0.3, -0.25) is 4.79 Å². The fourth-order valence-electron chi connectivity index (χ4n) is 1.21. The molecule has 96 valence electrons. The van der Waals surface area contributed by atoms with Crippen LogP contribution in [0.3, 0.4) is 0 Å². The summed E-state index contributed by atoms with van der Waals surface area (Å²) in [5.41, 5.74) is 0.491. The van der Waals surface area contributed by atoms with Gasteiger partial charge in [0, 0.05) is 20.8 Å². The predicted octanol–water partition coefficient (Wildman–Crippen LogP) is 0.710. The van der Waals surface area contributed by atoms with Crippen LogP contribution in [-0.2, 0) is 16.0 Å². The normalized spacial score (nSPS) is 10.5. The molecule has 0 aliphatic heterocycles. The van der Waals surface area contributed by atoms with Gasteiger partial charge in [-0.2, -0.15) is 5.10 Å². The number of halogens is 1. The molecule has 0 saturated heterocycles. The molecule has 1 heterocycles. The Morgan fingerprint density at radius 2 is 2.12 bits per heavy atom. The lowest BCUT2D eigenvalue weighted by Gasteiger charge is -2.09. The predicted molar refractivity (Wildman–Crippen MR) is 68.4 cm³/mol. The van der Waals surface area contributed by atoms with Gasteiger partial charge in [-0.1, -0.05) is 0 Å². The van der Waals surface area contributed by atoms with Crippen molar-refractivity contribution in [3.05, 3.63) is 21.0 Å². The van der Waals surface area contributed by atoms with Crippen molar-refractivity contribution < 1.29 is 9.47 Å². The van der Waals surface area contributed by atoms with Crippen LogP contribution in [0.1, 0.15) is 0 Å². The molecule has 0 radical (unpaired) electrons. The van der Waals surface area contributed by atoms with E-state index >= 15 is 0 Å². The number of hydrogen-bond donors (Lipinski definition) is 1. The van der Waals surface area contributed by atoms with Crippen LogP contribution in [-0.4, -0.2) is 43.8 Å². The molecule has 1 aromatic rings. The van der Waals surface area contributed by atoms with Crippen LogP contribution in [0.25, 0.3) is 0 Å². The van der Waals surface area contributed by atoms with Crippen molar-refractivity contribution >= 4 is 21.6 Å². The molecule has 0 spiro atoms. The van der Waals surface area contributed by atoms with Gasteiger partial charge in [-0.05, 0) is 15.9 Å². The zero-order valence-corrected chi connectivity index (χ0v) is 11.5. The minimum Gasteiger partial charge on any atom is -0.383 e. The molecule has 0 aliphatic carbocycles. The van der Waals surface area contributed by atoms with E-state index in [9.17, 15) is 4.79 Å². The summed E-state index contributed by atoms with van der Waals surface area (Å²) in [6.45, 7) is 2.08. The minimum absolute atomic E-state index is 0.176. The standard InChI is InChI=1S/C10H16BrN3O3/c1-16-5-3-12-8-7-13-14(4-6-17-2)10(15)9(8)11/h7,12H,3-6H2,1-2H3. The van der Waals surface area contributed by atoms with Crippen LogP contribution in [0.15, 0.2) is 15.5 Å². The second kappa shape index (κ2) is 7.41. The van der Waals surface area contributed by atoms with Gasteiger partial charge in [-0.15, -0.1) is 0 Å². The first-order chi connectivity index (χ1) is 8.20. The zero-order valence-electron chi connectivity index (χ0n) is 9.90. The Morgan fingerprint density at radius 1 is 1.41 bits per heavy atom. The van der Waals surface area contributed by atoms with Gasteiger partial charge in [0.1, 0.15) is 4.47 Å². The maximum Gasteiger partial charge on any atom is 0.283 e. The highest BCUT2D eigenvalue weighted by atomic mass is 79.9. The van der Waals surface area contributed by atoms with Crippen LogP contribution >= 0.6 is 15.9 Å². The Labute approximate surface area is 108 Å². The summed E-state index contributed by atoms with van der Waals surface area (Å²) in [5.74, 6) is 0. The first kappa shape index (κ1) is 14.1. The Hall–Kier alpha value is -0.920. The molecular formula is C10H16BrN3O3. The van der Waals surface area contributed by atoms with E-state index in [1.165, 1.54) is 4.68 Å². The minimum atomic E-state index is -0.176. The second-order valence-corrected chi connectivity index (χ2v) is 4.11. The highest BCUT2D eigenvalue weighted by Crippen LogP contribution is 2.15. The molecule has 1 aromatic heterocycles. The van der Waals surface area contributed by atoms with E-state index in [0.29, 0.717) is 36.5 Å². The molecule has 0 aromatic carbocycles. The molecule has 0 unspecified atom stereocenters. The van der Waals surface area contributed by atoms with Crippen molar-refractivity contribution in [2.45, 2.75) is 6.54 Å². The molecule has 0 atom stereocenters. The highest BCUT2D eigenvalue weighted by Gasteiger charge is 2.07. The Kier molecular flexibility index (Phi) is 6.17. The van der Waals surface area contributed by atoms with E-state index in [4.69, 9.17) is 9.47 Å². The lowest BCUT2D eigenvalue weighted by molar-refractivity contribution is 0.181. The van der Waals surface area contributed by atoms with E-state index in [1.807, 2.05) is 0 Å². The summed E-state index contributed by atoms with van der Waals surface area (Å²) >= 11 is 3.26. The van der Waals surface area contributed by atoms with E-state index < -0.39 is 0 Å². The van der Waals surface area contributed by atoms with Crippen molar-refractivity contribution in [3.63, 3.8) is 0 Å². The molecule has 1 N–H and O–H groups in total. The van der Waals surface area contributed by atoms with Gasteiger partial charge in [0.05, 0.1) is 31.6 Å². The Bertz CT molecular complexity index is 408. The highest BCUT2D eigenvalue weighted by molar-refractivity contribution is 9.10. The molecule has 6 nitrogen and oxygen atoms in total. The van der Waals surface area contributed by atoms with Crippen LogP contribution in [0.2, 0.25) is 0 Å². The summed E-state index contributed by atoms with van der Waals surface area (Å²) in [6.07, 6.45) is 1.61. The molecule has 7 heteroatoms. The van der Waals surface area contributed by atoms with Crippen LogP contribution < -0.4 is 10.9 Å². The smallest absolute Gasteiger partial charge is 0.283 e. The van der Waals surface area contributed by atoms with Crippen LogP contribution in [0, 0.1) is 0 Å². The lowest BCUT2D eigenvalue weighted by atomic mass is 10.4. The number of aromatic nitrogens is 2. The third-order valence-corrected chi connectivity index (χ3v) is 2.88. The van der Waals surface area contributed by atoms with E-state index in [1.54, 1.807) is 20.4 Å². The van der Waals surface area contributed by atoms with E-state index in [0.717, 1.165) is 0 Å². The summed E-state index contributed by atoms with van der Waals surface area (Å²) in [6, 6.07) is 0. The van der Waals surface area contributed by atoms with Gasteiger partial charge in [0.2, 0.25) is 0 Å². The van der Waals surface area contributed by atoms with Crippen molar-refractivity contribution in [2.24, 2.45) is 0 Å². The summed E-state index contributed by atoms with van der Waals surface area (Å²) in [7, 11) is 3.21. The Balaban J connectivity index is 2.76. The van der Waals surface area contributed by atoms with Crippen molar-refractivity contribution in [2.75, 3.05) is 39.3 Å². The molecule has 1 rings (SSSR count). The molecule has 0 bridgehead atoms. The third-order valence-electron chi connectivity index (χ3n) is 2.11. The van der Waals surface area contributed by atoms with Gasteiger partial charge in [0.15, 0.2) is 0 Å². The van der Waals surface area contributed by atoms with Crippen molar-refractivity contribution in [1.82, 2.24) is 9.78 Å². The number of nitrogens with zero attached hydrogens (tertiary/aromatic N) is 2. The molecule has 0 aliphatic rings. The van der Waals surface area contributed by atoms with Gasteiger partial charge in [0.25, 0.3) is 5.56 Å². The number of hydrogen-bond acceptors (Lipinski definition) is 5. The third kappa shape index (κ3) is 4.10. The summed E-state index contributed by atoms with van der Waals surface area (Å²) < 4.78 is 11.6. The summed E-state index contributed by atoms with van der Waals surface area (Å²) in [4.78, 5) is 11.9. The van der Waals surface area contributed by atoms with Gasteiger partial charge >= 0.3 is 0 Å². The molecular weight excluding hydrogens is 290 g/mol. The zero-order chi connectivity index (χ0) is 12.7. The molecule has 0 fully saturated rings. The average molecular weight is 306 g/mol. The van der Waals surface area contributed by atoms with E-state index in [-0.39, 0.29) is 5.56 Å². The monoisotopic (exact) mass is 305 g/mol. The van der Waals surface area contributed by atoms with Crippen molar-refractivity contribution in [1.29, 1.82) is 0 Å². The topological polar surface area (TPSA) is 65.4 Å². The van der Waals surface area contributed by atoms with E-state index in [2.05, 4.69) is 26.3 Å². The number of ether oxygens (including phenoxy) is 2. The van der Waals surface area contributed by atoms with Crippen LogP contribution in [0.5, 0.6) is 0 Å². The average Bonchev–Trinajstić information content (AvgIpc) is 2.34. The Morgan fingerprint density at radius 3 is 2.76 bits per heavy atom. The van der Waals surface area contributed by atoms with Gasteiger partial charge in [-0.25, -0.2) is 4.68 Å². The molecule has 17 heavy (non-hydrogen) atoms. The number of nitrogens with one attached hydrogen (secondary N) is 1. The molecule has 0 amide bonds. The maximum absolute atomic E-state index is 11.9. The fourth-order valence-corrected chi connectivity index (χ4v) is 1.66. The molecule has 0 saturated carbocycles. The fraction of sp³-hybridized carbons (Fsp3) is 0.600. The summed E-state index contributed by atoms with van der Waals surface area (Å²) in [5, 5.41) is 7.11. The quantitative estimate of drug-likeness (QED) is 0.752. The second-order valence-electron chi connectivity index (χ2n) is 3.31. The number of anilines is 1. The first-order valence-corrected chi connectivity index (χ1v) is 5.97. The first-order valence-electron chi connectivity index (χ1n) is 5.18. The lowest BCUT2D eigenvalue weighted by Crippen LogP contribution is -2.26. The van der Waals surface area contributed by atoms with Crippen molar-refractivity contribution in [3.8, 4) is 0 Å². The van der Waals surface area contributed by atoms with Crippen LogP contribution in [0.4, 0.5) is 5.69 Å². The van der Waals surface area contributed by atoms with Gasteiger partial charge < -0.3 is 14.8 Å². The number of methoxy groups -OCH3 is 2. The maximum atomic E-state index is 11.9. The SMILES string of the molecule is COCCNc1cnn(CCOC)c(=O)c1Br. The number of rotatable bonds is 7.